The Morgan fingerprint density at radius 3 is 3.05 bits per heavy atom. The quantitative estimate of drug-likeness (QED) is 0.939. The molecule has 0 aliphatic carbocycles. The molecule has 106 valence electrons. The molecule has 0 saturated carbocycles. The number of ether oxygens (including phenoxy) is 1. The van der Waals surface area contributed by atoms with Crippen LogP contribution in [0.2, 0.25) is 0 Å². The van der Waals surface area contributed by atoms with Crippen LogP contribution in [0.1, 0.15) is 47.3 Å². The molecule has 0 saturated heterocycles. The number of hydrogen-bond donors (Lipinski definition) is 1. The Morgan fingerprint density at radius 2 is 2.25 bits per heavy atom. The van der Waals surface area contributed by atoms with E-state index in [1.807, 2.05) is 19.2 Å². The fraction of sp³-hybridized carbons (Fsp3) is 0.467. The van der Waals surface area contributed by atoms with Gasteiger partial charge in [-0.05, 0) is 26.0 Å². The van der Waals surface area contributed by atoms with E-state index in [1.54, 1.807) is 11.3 Å². The molecule has 1 aliphatic rings. The molecule has 20 heavy (non-hydrogen) atoms. The maximum absolute atomic E-state index is 5.72. The van der Waals surface area contributed by atoms with Crippen molar-refractivity contribution in [2.24, 2.45) is 0 Å². The number of aromatic nitrogens is 2. The van der Waals surface area contributed by atoms with Gasteiger partial charge in [0.1, 0.15) is 15.8 Å². The molecular weight excluding hydrogens is 270 g/mol. The number of benzene rings is 1. The van der Waals surface area contributed by atoms with Crippen LogP contribution in [0.25, 0.3) is 0 Å². The molecule has 1 aromatic carbocycles. The van der Waals surface area contributed by atoms with Gasteiger partial charge in [-0.2, -0.15) is 0 Å². The van der Waals surface area contributed by atoms with E-state index >= 15 is 0 Å². The van der Waals surface area contributed by atoms with Crippen LogP contribution in [0.3, 0.4) is 0 Å². The lowest BCUT2D eigenvalue weighted by Crippen LogP contribution is -2.15. The van der Waals surface area contributed by atoms with E-state index < -0.39 is 0 Å². The van der Waals surface area contributed by atoms with Gasteiger partial charge in [0, 0.05) is 11.5 Å². The van der Waals surface area contributed by atoms with Gasteiger partial charge < -0.3 is 10.1 Å². The normalized spacial score (nSPS) is 19.2. The third-order valence-electron chi connectivity index (χ3n) is 3.77. The van der Waals surface area contributed by atoms with Crippen LogP contribution < -0.4 is 10.1 Å². The Balaban J connectivity index is 1.91. The van der Waals surface area contributed by atoms with E-state index in [9.17, 15) is 0 Å². The summed E-state index contributed by atoms with van der Waals surface area (Å²) >= 11 is 1.72. The van der Waals surface area contributed by atoms with Gasteiger partial charge in [0.25, 0.3) is 0 Å². The smallest absolute Gasteiger partial charge is 0.134 e. The average molecular weight is 289 g/mol. The highest BCUT2D eigenvalue weighted by Gasteiger charge is 2.26. The zero-order valence-corrected chi connectivity index (χ0v) is 12.6. The summed E-state index contributed by atoms with van der Waals surface area (Å²) in [5, 5.41) is 14.3. The maximum atomic E-state index is 5.72. The summed E-state index contributed by atoms with van der Waals surface area (Å²) in [6.07, 6.45) is 2.00. The summed E-state index contributed by atoms with van der Waals surface area (Å²) in [6, 6.07) is 8.55. The molecule has 0 fully saturated rings. The first kappa shape index (κ1) is 13.5. The second-order valence-electron chi connectivity index (χ2n) is 4.96. The van der Waals surface area contributed by atoms with Gasteiger partial charge >= 0.3 is 0 Å². The summed E-state index contributed by atoms with van der Waals surface area (Å²) in [5.74, 6) is 1.31. The Hall–Kier alpha value is -1.46. The predicted molar refractivity (Wildman–Crippen MR) is 80.4 cm³/mol. The first-order chi connectivity index (χ1) is 9.83. The predicted octanol–water partition coefficient (Wildman–Crippen LogP) is 3.12. The Labute approximate surface area is 123 Å². The van der Waals surface area contributed by atoms with Crippen molar-refractivity contribution in [2.45, 2.75) is 31.7 Å². The monoisotopic (exact) mass is 289 g/mol. The zero-order chi connectivity index (χ0) is 13.9. The molecule has 1 N–H and O–H groups in total. The summed E-state index contributed by atoms with van der Waals surface area (Å²) in [5.41, 5.74) is 1.24. The molecule has 2 unspecified atom stereocenters. The standard InChI is InChI=1S/C15H19N3OS/c1-3-12(16-2)15-18-17-14(20-15)11-8-9-19-13-7-5-4-6-10(11)13/h4-7,11-12,16H,3,8-9H2,1-2H3. The molecule has 0 amide bonds. The summed E-state index contributed by atoms with van der Waals surface area (Å²) in [4.78, 5) is 0. The third-order valence-corrected chi connectivity index (χ3v) is 4.92. The van der Waals surface area contributed by atoms with Gasteiger partial charge in [0.05, 0.1) is 12.6 Å². The van der Waals surface area contributed by atoms with E-state index in [-0.39, 0.29) is 0 Å². The topological polar surface area (TPSA) is 47.0 Å². The molecule has 4 nitrogen and oxygen atoms in total. The number of nitrogens with zero attached hydrogens (tertiary/aromatic N) is 2. The largest absolute Gasteiger partial charge is 0.493 e. The number of rotatable bonds is 4. The Kier molecular flexibility index (Phi) is 3.98. The number of hydrogen-bond acceptors (Lipinski definition) is 5. The van der Waals surface area contributed by atoms with Crippen molar-refractivity contribution in [3.8, 4) is 5.75 Å². The Morgan fingerprint density at radius 1 is 1.40 bits per heavy atom. The van der Waals surface area contributed by atoms with Gasteiger partial charge in [-0.3, -0.25) is 0 Å². The molecule has 0 spiro atoms. The van der Waals surface area contributed by atoms with Crippen molar-refractivity contribution in [3.63, 3.8) is 0 Å². The van der Waals surface area contributed by atoms with Crippen LogP contribution in [0.15, 0.2) is 24.3 Å². The second-order valence-corrected chi connectivity index (χ2v) is 6.00. The molecular formula is C15H19N3OS. The molecule has 0 radical (unpaired) electrons. The first-order valence-corrected chi connectivity index (χ1v) is 7.87. The molecule has 5 heteroatoms. The minimum absolute atomic E-state index is 0.302. The lowest BCUT2D eigenvalue weighted by molar-refractivity contribution is 0.276. The SMILES string of the molecule is CCC(NC)c1nnc(C2CCOc3ccccc32)s1. The molecule has 2 atom stereocenters. The molecule has 0 bridgehead atoms. The second kappa shape index (κ2) is 5.89. The summed E-state index contributed by atoms with van der Waals surface area (Å²) in [7, 11) is 1.97. The average Bonchev–Trinajstić information content (AvgIpc) is 2.97. The minimum atomic E-state index is 0.302. The van der Waals surface area contributed by atoms with Crippen molar-refractivity contribution in [1.29, 1.82) is 0 Å². The van der Waals surface area contributed by atoms with Crippen LogP contribution >= 0.6 is 11.3 Å². The van der Waals surface area contributed by atoms with E-state index in [2.05, 4.69) is 34.6 Å². The van der Waals surface area contributed by atoms with Crippen LogP contribution in [0.5, 0.6) is 5.75 Å². The van der Waals surface area contributed by atoms with Gasteiger partial charge in [0.15, 0.2) is 0 Å². The van der Waals surface area contributed by atoms with Crippen LogP contribution in [0.4, 0.5) is 0 Å². The van der Waals surface area contributed by atoms with Crippen LogP contribution in [-0.4, -0.2) is 23.9 Å². The minimum Gasteiger partial charge on any atom is -0.493 e. The molecule has 1 aliphatic heterocycles. The Bertz CT molecular complexity index is 580. The fourth-order valence-electron chi connectivity index (χ4n) is 2.63. The zero-order valence-electron chi connectivity index (χ0n) is 11.8. The van der Waals surface area contributed by atoms with Crippen LogP contribution in [0, 0.1) is 0 Å². The van der Waals surface area contributed by atoms with Crippen molar-refractivity contribution >= 4 is 11.3 Å². The summed E-state index contributed by atoms with van der Waals surface area (Å²) in [6.45, 7) is 2.91. The maximum Gasteiger partial charge on any atom is 0.134 e. The highest BCUT2D eigenvalue weighted by molar-refractivity contribution is 7.11. The molecule has 2 aromatic rings. The van der Waals surface area contributed by atoms with E-state index in [1.165, 1.54) is 5.56 Å². The lowest BCUT2D eigenvalue weighted by atomic mass is 9.94. The summed E-state index contributed by atoms with van der Waals surface area (Å²) < 4.78 is 5.72. The highest BCUT2D eigenvalue weighted by atomic mass is 32.1. The first-order valence-electron chi connectivity index (χ1n) is 7.05. The van der Waals surface area contributed by atoms with Crippen molar-refractivity contribution in [3.05, 3.63) is 39.8 Å². The van der Waals surface area contributed by atoms with Gasteiger partial charge in [-0.1, -0.05) is 36.5 Å². The van der Waals surface area contributed by atoms with E-state index in [0.29, 0.717) is 12.0 Å². The highest BCUT2D eigenvalue weighted by Crippen LogP contribution is 2.39. The van der Waals surface area contributed by atoms with Crippen molar-refractivity contribution < 1.29 is 4.74 Å². The van der Waals surface area contributed by atoms with E-state index in [4.69, 9.17) is 4.74 Å². The van der Waals surface area contributed by atoms with Gasteiger partial charge in [0.2, 0.25) is 0 Å². The number of para-hydroxylation sites is 1. The van der Waals surface area contributed by atoms with Crippen molar-refractivity contribution in [2.75, 3.05) is 13.7 Å². The van der Waals surface area contributed by atoms with E-state index in [0.717, 1.165) is 35.2 Å². The van der Waals surface area contributed by atoms with Crippen LogP contribution in [-0.2, 0) is 0 Å². The fourth-order valence-corrected chi connectivity index (χ4v) is 3.82. The van der Waals surface area contributed by atoms with Gasteiger partial charge in [-0.25, -0.2) is 0 Å². The third kappa shape index (κ3) is 2.43. The molecule has 3 rings (SSSR count). The van der Waals surface area contributed by atoms with Gasteiger partial charge in [-0.15, -0.1) is 10.2 Å². The molecule has 1 aromatic heterocycles. The van der Waals surface area contributed by atoms with Crippen molar-refractivity contribution in [1.82, 2.24) is 15.5 Å². The number of fused-ring (bicyclic) bond motifs is 1. The molecule has 2 heterocycles. The lowest BCUT2D eigenvalue weighted by Gasteiger charge is -2.23. The number of nitrogens with one attached hydrogen (secondary N) is 1.